The quantitative estimate of drug-likeness (QED) is 0.897. The number of nitrogens with one attached hydrogen (secondary N) is 1. The normalized spacial score (nSPS) is 17.5. The van der Waals surface area contributed by atoms with Gasteiger partial charge in [0, 0.05) is 11.9 Å². The molecule has 20 heavy (non-hydrogen) atoms. The number of aliphatic hydroxyl groups excluding tert-OH is 1. The first-order valence-corrected chi connectivity index (χ1v) is 7.37. The summed E-state index contributed by atoms with van der Waals surface area (Å²) >= 11 is 0. The van der Waals surface area contributed by atoms with Gasteiger partial charge in [-0.3, -0.25) is 0 Å². The summed E-state index contributed by atoms with van der Waals surface area (Å²) in [6.07, 6.45) is 6.07. The highest BCUT2D eigenvalue weighted by Crippen LogP contribution is 2.28. The van der Waals surface area contributed by atoms with Gasteiger partial charge in [0.05, 0.1) is 11.6 Å². The van der Waals surface area contributed by atoms with Gasteiger partial charge in [0.25, 0.3) is 0 Å². The average molecular weight is 271 g/mol. The molecule has 0 bridgehead atoms. The van der Waals surface area contributed by atoms with Crippen LogP contribution in [0.2, 0.25) is 0 Å². The van der Waals surface area contributed by atoms with E-state index in [1.165, 1.54) is 18.4 Å². The van der Waals surface area contributed by atoms with Gasteiger partial charge in [-0.1, -0.05) is 24.5 Å². The van der Waals surface area contributed by atoms with Gasteiger partial charge in [-0.25, -0.2) is 9.97 Å². The zero-order chi connectivity index (χ0) is 13.9. The van der Waals surface area contributed by atoms with E-state index in [1.54, 1.807) is 6.33 Å². The highest BCUT2D eigenvalue weighted by atomic mass is 16.3. The second kappa shape index (κ2) is 5.75. The molecule has 2 aromatic rings. The number of rotatable bonds is 4. The van der Waals surface area contributed by atoms with Crippen LogP contribution >= 0.6 is 0 Å². The number of nitrogens with zero attached hydrogens (tertiary/aromatic N) is 2. The number of anilines is 1. The average Bonchev–Trinajstić information content (AvgIpc) is 2.99. The first-order chi connectivity index (χ1) is 9.74. The number of fused-ring (bicyclic) bond motifs is 1. The van der Waals surface area contributed by atoms with Crippen LogP contribution in [0.25, 0.3) is 10.9 Å². The monoisotopic (exact) mass is 271 g/mol. The lowest BCUT2D eigenvalue weighted by Gasteiger charge is -2.18. The molecule has 1 aromatic carbocycles. The Hall–Kier alpha value is -1.68. The van der Waals surface area contributed by atoms with Crippen LogP contribution in [0.5, 0.6) is 0 Å². The third kappa shape index (κ3) is 2.75. The summed E-state index contributed by atoms with van der Waals surface area (Å²) in [6.45, 7) is 2.62. The minimum atomic E-state index is -0.285. The molecule has 1 saturated carbocycles. The van der Waals surface area contributed by atoms with E-state index in [9.17, 15) is 5.11 Å². The predicted molar refractivity (Wildman–Crippen MR) is 80.7 cm³/mol. The third-order valence-electron chi connectivity index (χ3n) is 4.21. The summed E-state index contributed by atoms with van der Waals surface area (Å²) in [7, 11) is 0. The topological polar surface area (TPSA) is 58.0 Å². The van der Waals surface area contributed by atoms with Gasteiger partial charge in [-0.15, -0.1) is 0 Å². The van der Waals surface area contributed by atoms with Crippen LogP contribution in [0.1, 0.15) is 31.2 Å². The molecular weight excluding hydrogens is 250 g/mol. The molecule has 1 aliphatic rings. The first-order valence-electron chi connectivity index (χ1n) is 7.37. The van der Waals surface area contributed by atoms with E-state index in [0.29, 0.717) is 12.5 Å². The van der Waals surface area contributed by atoms with E-state index in [-0.39, 0.29) is 6.10 Å². The molecule has 0 radical (unpaired) electrons. The summed E-state index contributed by atoms with van der Waals surface area (Å²) in [5.74, 6) is 1.26. The molecule has 0 spiro atoms. The number of aromatic nitrogens is 2. The van der Waals surface area contributed by atoms with Gasteiger partial charge in [-0.05, 0) is 37.8 Å². The van der Waals surface area contributed by atoms with Crippen LogP contribution in [0.3, 0.4) is 0 Å². The summed E-state index contributed by atoms with van der Waals surface area (Å²) in [5, 5.41) is 14.5. The van der Waals surface area contributed by atoms with Gasteiger partial charge in [-0.2, -0.15) is 0 Å². The van der Waals surface area contributed by atoms with E-state index in [2.05, 4.69) is 28.3 Å². The number of hydrogen-bond donors (Lipinski definition) is 2. The molecule has 2 N–H and O–H groups in total. The van der Waals surface area contributed by atoms with Crippen molar-refractivity contribution in [1.29, 1.82) is 0 Å². The van der Waals surface area contributed by atoms with Crippen LogP contribution in [0.15, 0.2) is 24.5 Å². The summed E-state index contributed by atoms with van der Waals surface area (Å²) in [4.78, 5) is 8.59. The number of hydrogen-bond acceptors (Lipinski definition) is 4. The van der Waals surface area contributed by atoms with Crippen LogP contribution < -0.4 is 5.32 Å². The lowest BCUT2D eigenvalue weighted by atomic mass is 10.0. The summed E-state index contributed by atoms with van der Waals surface area (Å²) in [5.41, 5.74) is 2.12. The fourth-order valence-electron chi connectivity index (χ4n) is 3.02. The van der Waals surface area contributed by atoms with Gasteiger partial charge in [0.2, 0.25) is 0 Å². The van der Waals surface area contributed by atoms with E-state index < -0.39 is 0 Å². The fourth-order valence-corrected chi connectivity index (χ4v) is 3.02. The highest BCUT2D eigenvalue weighted by molar-refractivity contribution is 5.89. The Labute approximate surface area is 119 Å². The third-order valence-corrected chi connectivity index (χ3v) is 4.21. The summed E-state index contributed by atoms with van der Waals surface area (Å²) in [6, 6.07) is 6.14. The molecule has 1 aromatic heterocycles. The van der Waals surface area contributed by atoms with E-state index in [1.807, 2.05) is 12.1 Å². The zero-order valence-corrected chi connectivity index (χ0v) is 11.8. The number of benzene rings is 1. The maximum absolute atomic E-state index is 10.2. The maximum Gasteiger partial charge on any atom is 0.137 e. The Bertz CT molecular complexity index is 593. The molecule has 1 aliphatic carbocycles. The molecule has 3 rings (SSSR count). The molecule has 106 valence electrons. The van der Waals surface area contributed by atoms with Crippen molar-refractivity contribution in [3.63, 3.8) is 0 Å². The molecule has 1 heterocycles. The van der Waals surface area contributed by atoms with E-state index in [4.69, 9.17) is 0 Å². The number of aliphatic hydroxyl groups is 1. The second-order valence-electron chi connectivity index (χ2n) is 5.74. The van der Waals surface area contributed by atoms with E-state index in [0.717, 1.165) is 29.6 Å². The highest BCUT2D eigenvalue weighted by Gasteiger charge is 2.23. The van der Waals surface area contributed by atoms with Gasteiger partial charge < -0.3 is 10.4 Å². The summed E-state index contributed by atoms with van der Waals surface area (Å²) < 4.78 is 0. The van der Waals surface area contributed by atoms with Crippen LogP contribution in [0, 0.1) is 12.8 Å². The van der Waals surface area contributed by atoms with E-state index >= 15 is 0 Å². The van der Waals surface area contributed by atoms with Crippen LogP contribution in [0.4, 0.5) is 5.82 Å². The van der Waals surface area contributed by atoms with Crippen molar-refractivity contribution in [2.75, 3.05) is 11.9 Å². The lowest BCUT2D eigenvalue weighted by Crippen LogP contribution is -2.27. The van der Waals surface area contributed by atoms with Gasteiger partial charge in [0.15, 0.2) is 0 Å². The van der Waals surface area contributed by atoms with Crippen molar-refractivity contribution in [3.05, 3.63) is 30.1 Å². The maximum atomic E-state index is 10.2. The molecule has 4 nitrogen and oxygen atoms in total. The largest absolute Gasteiger partial charge is 0.391 e. The van der Waals surface area contributed by atoms with Crippen LogP contribution in [-0.2, 0) is 0 Å². The predicted octanol–water partition coefficient (Wildman–Crippen LogP) is 2.90. The van der Waals surface area contributed by atoms with Gasteiger partial charge in [0.1, 0.15) is 12.1 Å². The Morgan fingerprint density at radius 1 is 1.30 bits per heavy atom. The Morgan fingerprint density at radius 3 is 2.90 bits per heavy atom. The molecule has 0 aliphatic heterocycles. The fraction of sp³-hybridized carbons (Fsp3) is 0.500. The Morgan fingerprint density at radius 2 is 2.10 bits per heavy atom. The Balaban J connectivity index is 1.75. The van der Waals surface area contributed by atoms with Crippen molar-refractivity contribution in [3.8, 4) is 0 Å². The molecular formula is C16H21N3O. The number of aryl methyl sites for hydroxylation is 1. The van der Waals surface area contributed by atoms with Crippen molar-refractivity contribution in [2.24, 2.45) is 5.92 Å². The van der Waals surface area contributed by atoms with Crippen molar-refractivity contribution in [2.45, 2.75) is 38.7 Å². The minimum Gasteiger partial charge on any atom is -0.391 e. The minimum absolute atomic E-state index is 0.285. The first kappa shape index (κ1) is 13.3. The van der Waals surface area contributed by atoms with Crippen LogP contribution in [-0.4, -0.2) is 27.7 Å². The van der Waals surface area contributed by atoms with Crippen molar-refractivity contribution >= 4 is 16.7 Å². The molecule has 0 amide bonds. The molecule has 0 saturated heterocycles. The van der Waals surface area contributed by atoms with Crippen molar-refractivity contribution < 1.29 is 5.11 Å². The smallest absolute Gasteiger partial charge is 0.137 e. The molecule has 1 unspecified atom stereocenters. The zero-order valence-electron chi connectivity index (χ0n) is 11.8. The molecule has 4 heteroatoms. The Kier molecular flexibility index (Phi) is 3.83. The molecule has 1 atom stereocenters. The standard InChI is InChI=1S/C16H21N3O/c1-11-6-7-14-13(8-11)16(19-10-18-14)17-9-15(20)12-4-2-3-5-12/h6-8,10,12,15,20H,2-5,9H2,1H3,(H,17,18,19). The van der Waals surface area contributed by atoms with Gasteiger partial charge >= 0.3 is 0 Å². The SMILES string of the molecule is Cc1ccc2ncnc(NCC(O)C3CCCC3)c2c1. The lowest BCUT2D eigenvalue weighted by molar-refractivity contribution is 0.123. The van der Waals surface area contributed by atoms with Crippen molar-refractivity contribution in [1.82, 2.24) is 9.97 Å². The second-order valence-corrected chi connectivity index (χ2v) is 5.74. The molecule has 1 fully saturated rings.